The Labute approximate surface area is 158 Å². The van der Waals surface area contributed by atoms with Crippen molar-refractivity contribution in [3.05, 3.63) is 42.0 Å². The fourth-order valence-corrected chi connectivity index (χ4v) is 3.48. The monoisotopic (exact) mass is 365 g/mol. The highest BCUT2D eigenvalue weighted by molar-refractivity contribution is 5.79. The molecule has 0 radical (unpaired) electrons. The fourth-order valence-electron chi connectivity index (χ4n) is 3.48. The second-order valence-electron chi connectivity index (χ2n) is 7.06. The van der Waals surface area contributed by atoms with E-state index in [0.29, 0.717) is 11.7 Å². The Bertz CT molecular complexity index is 945. The molecule has 4 heterocycles. The molecule has 7 heteroatoms. The maximum atomic E-state index is 5.84. The number of hydrogen-bond acceptors (Lipinski definition) is 7. The summed E-state index contributed by atoms with van der Waals surface area (Å²) in [6.07, 6.45) is 3.87. The summed E-state index contributed by atoms with van der Waals surface area (Å²) in [7, 11) is 0. The van der Waals surface area contributed by atoms with Crippen molar-refractivity contribution in [1.29, 1.82) is 0 Å². The molecule has 2 atom stereocenters. The Hall–Kier alpha value is -2.80. The smallest absolute Gasteiger partial charge is 0.226 e. The Morgan fingerprint density at radius 2 is 1.85 bits per heavy atom. The van der Waals surface area contributed by atoms with Crippen LogP contribution in [0.2, 0.25) is 0 Å². The van der Waals surface area contributed by atoms with Crippen molar-refractivity contribution in [1.82, 2.24) is 20.1 Å². The molecule has 0 unspecified atom stereocenters. The van der Waals surface area contributed by atoms with E-state index in [1.165, 1.54) is 0 Å². The summed E-state index contributed by atoms with van der Waals surface area (Å²) in [5, 5.41) is 4.01. The van der Waals surface area contributed by atoms with Gasteiger partial charge in [0.25, 0.3) is 0 Å². The van der Waals surface area contributed by atoms with Crippen molar-refractivity contribution < 1.29 is 9.26 Å². The summed E-state index contributed by atoms with van der Waals surface area (Å²) in [4.78, 5) is 16.1. The number of anilines is 1. The summed E-state index contributed by atoms with van der Waals surface area (Å²) in [6.45, 7) is 9.53. The molecule has 7 nitrogen and oxygen atoms in total. The minimum atomic E-state index is 0.137. The molecule has 0 saturated carbocycles. The van der Waals surface area contributed by atoms with E-state index < -0.39 is 0 Å². The molecule has 1 saturated heterocycles. The van der Waals surface area contributed by atoms with Crippen LogP contribution >= 0.6 is 0 Å². The SMILES string of the molecule is Cc1cc(-c2cnc(N3C[C@@H](C)O[C@@H](C)C3)nc2-c2cccnc2C)on1. The third-order valence-corrected chi connectivity index (χ3v) is 4.63. The molecular formula is C20H23N5O2. The average molecular weight is 365 g/mol. The van der Waals surface area contributed by atoms with Gasteiger partial charge in [-0.1, -0.05) is 5.16 Å². The summed E-state index contributed by atoms with van der Waals surface area (Å²) in [5.74, 6) is 1.34. The average Bonchev–Trinajstić information content (AvgIpc) is 3.07. The van der Waals surface area contributed by atoms with E-state index in [1.807, 2.05) is 38.2 Å². The van der Waals surface area contributed by atoms with E-state index in [2.05, 4.69) is 33.9 Å². The lowest BCUT2D eigenvalue weighted by Gasteiger charge is -2.35. The molecule has 27 heavy (non-hydrogen) atoms. The third-order valence-electron chi connectivity index (χ3n) is 4.63. The quantitative estimate of drug-likeness (QED) is 0.704. The Kier molecular flexibility index (Phi) is 4.61. The van der Waals surface area contributed by atoms with Gasteiger partial charge in [0.15, 0.2) is 5.76 Å². The molecule has 1 fully saturated rings. The first kappa shape index (κ1) is 17.6. The second kappa shape index (κ2) is 7.08. The molecule has 140 valence electrons. The number of pyridine rings is 1. The highest BCUT2D eigenvalue weighted by atomic mass is 16.5. The van der Waals surface area contributed by atoms with Crippen LogP contribution in [0.1, 0.15) is 25.2 Å². The number of ether oxygens (including phenoxy) is 1. The minimum absolute atomic E-state index is 0.137. The van der Waals surface area contributed by atoms with E-state index in [0.717, 1.165) is 41.3 Å². The van der Waals surface area contributed by atoms with Crippen LogP contribution in [0, 0.1) is 13.8 Å². The summed E-state index contributed by atoms with van der Waals surface area (Å²) in [6, 6.07) is 5.83. The molecule has 0 N–H and O–H groups in total. The largest absolute Gasteiger partial charge is 0.372 e. The zero-order valence-corrected chi connectivity index (χ0v) is 16.0. The number of morpholine rings is 1. The molecule has 0 spiro atoms. The van der Waals surface area contributed by atoms with Crippen LogP contribution in [0.4, 0.5) is 5.95 Å². The predicted molar refractivity (Wildman–Crippen MR) is 102 cm³/mol. The normalized spacial score (nSPS) is 20.1. The zero-order valence-electron chi connectivity index (χ0n) is 16.0. The molecular weight excluding hydrogens is 342 g/mol. The Morgan fingerprint density at radius 1 is 1.07 bits per heavy atom. The van der Waals surface area contributed by atoms with E-state index in [1.54, 1.807) is 6.20 Å². The lowest BCUT2D eigenvalue weighted by atomic mass is 10.0. The molecule has 3 aromatic heterocycles. The minimum Gasteiger partial charge on any atom is -0.372 e. The fraction of sp³-hybridized carbons (Fsp3) is 0.400. The van der Waals surface area contributed by atoms with Gasteiger partial charge in [0, 0.05) is 42.8 Å². The molecule has 3 aromatic rings. The van der Waals surface area contributed by atoms with Crippen molar-refractivity contribution in [2.45, 2.75) is 39.9 Å². The third kappa shape index (κ3) is 3.55. The van der Waals surface area contributed by atoms with E-state index >= 15 is 0 Å². The van der Waals surface area contributed by atoms with Gasteiger partial charge in [-0.2, -0.15) is 0 Å². The molecule has 1 aliphatic heterocycles. The number of rotatable bonds is 3. The first-order chi connectivity index (χ1) is 13.0. The van der Waals surface area contributed by atoms with Gasteiger partial charge in [-0.05, 0) is 39.8 Å². The maximum Gasteiger partial charge on any atom is 0.226 e. The van der Waals surface area contributed by atoms with Gasteiger partial charge in [-0.25, -0.2) is 9.97 Å². The van der Waals surface area contributed by atoms with Crippen molar-refractivity contribution in [2.75, 3.05) is 18.0 Å². The van der Waals surface area contributed by atoms with Gasteiger partial charge in [0.05, 0.1) is 29.2 Å². The van der Waals surface area contributed by atoms with Crippen molar-refractivity contribution in [2.24, 2.45) is 0 Å². The van der Waals surface area contributed by atoms with E-state index in [-0.39, 0.29) is 12.2 Å². The standard InChI is InChI=1S/C20H23N5O2/c1-12-8-18(27-24-12)17-9-22-20(25-10-13(2)26-14(3)11-25)23-19(17)16-6-5-7-21-15(16)4/h5-9,13-14H,10-11H2,1-4H3/t13-,14+. The molecule has 0 aliphatic carbocycles. The van der Waals surface area contributed by atoms with Gasteiger partial charge in [0.2, 0.25) is 5.95 Å². The van der Waals surface area contributed by atoms with Crippen molar-refractivity contribution in [3.8, 4) is 22.6 Å². The molecule has 0 bridgehead atoms. The van der Waals surface area contributed by atoms with Crippen LogP contribution in [0.3, 0.4) is 0 Å². The number of aromatic nitrogens is 4. The van der Waals surface area contributed by atoms with E-state index in [9.17, 15) is 0 Å². The van der Waals surface area contributed by atoms with Gasteiger partial charge in [-0.3, -0.25) is 4.98 Å². The summed E-state index contributed by atoms with van der Waals surface area (Å²) >= 11 is 0. The first-order valence-corrected chi connectivity index (χ1v) is 9.14. The molecule has 1 aliphatic rings. The van der Waals surface area contributed by atoms with Crippen LogP contribution < -0.4 is 4.90 Å². The number of nitrogens with zero attached hydrogens (tertiary/aromatic N) is 5. The Balaban J connectivity index is 1.83. The van der Waals surface area contributed by atoms with Crippen LogP contribution in [-0.2, 0) is 4.74 Å². The molecule has 0 aromatic carbocycles. The molecule has 0 amide bonds. The zero-order chi connectivity index (χ0) is 19.0. The highest BCUT2D eigenvalue weighted by Gasteiger charge is 2.26. The second-order valence-corrected chi connectivity index (χ2v) is 7.06. The van der Waals surface area contributed by atoms with Crippen molar-refractivity contribution in [3.63, 3.8) is 0 Å². The van der Waals surface area contributed by atoms with E-state index in [4.69, 9.17) is 14.2 Å². The summed E-state index contributed by atoms with van der Waals surface area (Å²) < 4.78 is 11.3. The predicted octanol–water partition coefficient (Wildman–Crippen LogP) is 3.42. The van der Waals surface area contributed by atoms with Gasteiger partial charge < -0.3 is 14.2 Å². The van der Waals surface area contributed by atoms with Gasteiger partial charge >= 0.3 is 0 Å². The number of aryl methyl sites for hydroxylation is 2. The lowest BCUT2D eigenvalue weighted by molar-refractivity contribution is -0.00571. The topological polar surface area (TPSA) is 77.2 Å². The maximum absolute atomic E-state index is 5.84. The Morgan fingerprint density at radius 3 is 2.52 bits per heavy atom. The number of hydrogen-bond donors (Lipinski definition) is 0. The highest BCUT2D eigenvalue weighted by Crippen LogP contribution is 2.33. The van der Waals surface area contributed by atoms with Gasteiger partial charge in [-0.15, -0.1) is 0 Å². The van der Waals surface area contributed by atoms with Crippen molar-refractivity contribution >= 4 is 5.95 Å². The summed E-state index contributed by atoms with van der Waals surface area (Å²) in [5.41, 5.74) is 4.29. The van der Waals surface area contributed by atoms with Crippen LogP contribution in [0.25, 0.3) is 22.6 Å². The molecule has 4 rings (SSSR count). The lowest BCUT2D eigenvalue weighted by Crippen LogP contribution is -2.46. The van der Waals surface area contributed by atoms with Crippen LogP contribution in [0.15, 0.2) is 35.1 Å². The van der Waals surface area contributed by atoms with Crippen LogP contribution in [0.5, 0.6) is 0 Å². The van der Waals surface area contributed by atoms with Crippen LogP contribution in [-0.4, -0.2) is 45.4 Å². The van der Waals surface area contributed by atoms with Gasteiger partial charge in [0.1, 0.15) is 0 Å². The first-order valence-electron chi connectivity index (χ1n) is 9.14.